The highest BCUT2D eigenvalue weighted by molar-refractivity contribution is 5.89. The van der Waals surface area contributed by atoms with E-state index < -0.39 is 30.7 Å². The molecule has 4 atom stereocenters. The van der Waals surface area contributed by atoms with Gasteiger partial charge in [-0.1, -0.05) is 6.04 Å². The van der Waals surface area contributed by atoms with Crippen molar-refractivity contribution in [3.63, 3.8) is 0 Å². The first kappa shape index (κ1) is 7.82. The largest absolute Gasteiger partial charge is 0.493 e. The second-order valence-corrected chi connectivity index (χ2v) is 6.76. The van der Waals surface area contributed by atoms with Gasteiger partial charge in [-0.15, -0.1) is 0 Å². The quantitative estimate of drug-likeness (QED) is 0.795. The van der Waals surface area contributed by atoms with Crippen LogP contribution in [0.3, 0.4) is 0 Å². The van der Waals surface area contributed by atoms with Crippen molar-refractivity contribution in [2.75, 3.05) is 20.6 Å². The molecule has 2 fully saturated rings. The lowest BCUT2D eigenvalue weighted by molar-refractivity contribution is -0.138. The van der Waals surface area contributed by atoms with E-state index in [-0.39, 0.29) is 42.0 Å². The maximum atomic E-state index is 13.1. The fraction of sp³-hybridized carbons (Fsp3) is 0.611. The summed E-state index contributed by atoms with van der Waals surface area (Å²) in [7, 11) is -0.888. The lowest BCUT2D eigenvalue weighted by Crippen LogP contribution is -2.65. The molecule has 1 aromatic rings. The molecule has 116 valence electrons. The first-order valence-corrected chi connectivity index (χ1v) is 7.65. The molecule has 0 amide bonds. The summed E-state index contributed by atoms with van der Waals surface area (Å²) in [5, 5.41) is 0. The van der Waals surface area contributed by atoms with Gasteiger partial charge in [0.05, 0.1) is 13.9 Å². The van der Waals surface area contributed by atoms with Crippen molar-refractivity contribution in [2.45, 2.75) is 43.2 Å². The van der Waals surface area contributed by atoms with E-state index in [4.69, 9.17) is 19.1 Å². The molecule has 1 saturated carbocycles. The lowest BCUT2D eigenvalue weighted by atomic mass is 9.52. The van der Waals surface area contributed by atoms with E-state index in [9.17, 15) is 4.79 Å². The molecule has 2 aliphatic carbocycles. The first-order chi connectivity index (χ1) is 13.4. The van der Waals surface area contributed by atoms with Gasteiger partial charge in [0.2, 0.25) is 0 Å². The highest BCUT2D eigenvalue weighted by Crippen LogP contribution is 2.62. The Morgan fingerprint density at radius 3 is 3.36 bits per heavy atom. The molecule has 4 heteroatoms. The number of hydrogen-bond acceptors (Lipinski definition) is 4. The number of likely N-dealkylation sites (tertiary alicyclic amines) is 1. The number of rotatable bonds is 1. The average molecular weight is 306 g/mol. The van der Waals surface area contributed by atoms with Crippen molar-refractivity contribution in [3.8, 4) is 11.5 Å². The average Bonchev–Trinajstić information content (AvgIpc) is 2.94. The number of carbonyl (C=O) groups excluding carboxylic acids is 1. The molecule has 2 bridgehead atoms. The molecule has 0 N–H and O–H groups in total. The zero-order valence-corrected chi connectivity index (χ0v) is 12.2. The van der Waals surface area contributed by atoms with Crippen LogP contribution in [0.1, 0.15) is 39.9 Å². The van der Waals surface area contributed by atoms with Gasteiger partial charge >= 0.3 is 0 Å². The Bertz CT molecular complexity index is 947. The molecule has 1 spiro atoms. The first-order valence-electron chi connectivity index (χ1n) is 11.2. The summed E-state index contributed by atoms with van der Waals surface area (Å²) in [5.74, 6) is -1.16. The molecule has 1 saturated heterocycles. The Balaban J connectivity index is 1.82. The van der Waals surface area contributed by atoms with Crippen LogP contribution in [0.2, 0.25) is 0 Å². The predicted molar refractivity (Wildman–Crippen MR) is 81.6 cm³/mol. The monoisotopic (exact) mass is 306 g/mol. The number of ether oxygens (including phenoxy) is 2. The third kappa shape index (κ3) is 1.27. The smallest absolute Gasteiger partial charge is 0.174 e. The minimum Gasteiger partial charge on any atom is -0.493 e. The number of likely N-dealkylation sites (N-methyl/N-ethyl adjacent to an activating group) is 1. The number of benzene rings is 1. The van der Waals surface area contributed by atoms with Crippen molar-refractivity contribution in [3.05, 3.63) is 23.2 Å². The fourth-order valence-electron chi connectivity index (χ4n) is 5.10. The van der Waals surface area contributed by atoms with Gasteiger partial charge in [0, 0.05) is 26.1 Å². The van der Waals surface area contributed by atoms with Crippen molar-refractivity contribution in [1.29, 1.82) is 0 Å². The third-order valence-electron chi connectivity index (χ3n) is 6.05. The van der Waals surface area contributed by atoms with Gasteiger partial charge in [0.25, 0.3) is 0 Å². The molecule has 1 aromatic carbocycles. The topological polar surface area (TPSA) is 38.8 Å². The van der Waals surface area contributed by atoms with Crippen molar-refractivity contribution < 1.29 is 23.9 Å². The van der Waals surface area contributed by atoms with Crippen LogP contribution in [0.4, 0.5) is 0 Å². The van der Waals surface area contributed by atoms with Crippen LogP contribution in [-0.2, 0) is 16.6 Å². The SMILES string of the molecule is [2H]c1c([2H])c(OC([2H])([2H])[2H])c2c3c1C[C@@H]1[C@@H]4CC([2H])([2H])C(=O)C(O2)[C@]34CCN1C. The molecular formula is C18H21NO3. The highest BCUT2D eigenvalue weighted by Gasteiger charge is 2.65. The Labute approximate surface area is 140 Å². The standard InChI is InChI=1S/C18H21NO3/c1-19-8-7-18-11-4-5-13(20)17(18)22-16-14(21-2)6-3-10(15(16)18)9-12(11)19/h3,6,11-12,17H,4-5,7-9H2,1-2H3/t11-,12+,17?,18-/m0/s1/i2D3,3D,5D2,6D. The molecule has 5 rings (SSSR count). The molecule has 2 heterocycles. The maximum Gasteiger partial charge on any atom is 0.174 e. The van der Waals surface area contributed by atoms with Gasteiger partial charge in [-0.25, -0.2) is 0 Å². The second-order valence-electron chi connectivity index (χ2n) is 6.76. The van der Waals surface area contributed by atoms with E-state index in [2.05, 4.69) is 4.90 Å². The minimum absolute atomic E-state index is 0.0428. The summed E-state index contributed by atoms with van der Waals surface area (Å²) >= 11 is 0. The molecule has 0 radical (unpaired) electrons. The maximum absolute atomic E-state index is 13.1. The summed E-state index contributed by atoms with van der Waals surface area (Å²) in [6.07, 6.45) is -2.11. The summed E-state index contributed by atoms with van der Waals surface area (Å²) < 4.78 is 66.9. The van der Waals surface area contributed by atoms with Crippen molar-refractivity contribution in [1.82, 2.24) is 4.90 Å². The van der Waals surface area contributed by atoms with Crippen LogP contribution in [0, 0.1) is 5.92 Å². The van der Waals surface area contributed by atoms with Crippen molar-refractivity contribution in [2.24, 2.45) is 5.92 Å². The van der Waals surface area contributed by atoms with Gasteiger partial charge in [-0.2, -0.15) is 0 Å². The Morgan fingerprint density at radius 2 is 2.50 bits per heavy atom. The van der Waals surface area contributed by atoms with Crippen LogP contribution >= 0.6 is 0 Å². The number of nitrogens with zero attached hydrogens (tertiary/aromatic N) is 1. The van der Waals surface area contributed by atoms with Gasteiger partial charge in [0.1, 0.15) is 0 Å². The third-order valence-corrected chi connectivity index (χ3v) is 6.05. The summed E-state index contributed by atoms with van der Waals surface area (Å²) in [4.78, 5) is 15.2. The number of piperidine rings is 1. The van der Waals surface area contributed by atoms with Crippen LogP contribution in [0.15, 0.2) is 12.1 Å². The van der Waals surface area contributed by atoms with Gasteiger partial charge < -0.3 is 14.4 Å². The minimum atomic E-state index is -2.84. The molecule has 0 aromatic heterocycles. The molecule has 2 aliphatic heterocycles. The van der Waals surface area contributed by atoms with Gasteiger partial charge in [-0.3, -0.25) is 4.79 Å². The van der Waals surface area contributed by atoms with E-state index in [1.165, 1.54) is 0 Å². The van der Waals surface area contributed by atoms with Gasteiger partial charge in [0.15, 0.2) is 23.4 Å². The number of methoxy groups -OCH3 is 1. The molecule has 4 nitrogen and oxygen atoms in total. The Kier molecular flexibility index (Phi) is 1.44. The number of Topliss-reactive ketones (excluding diaryl/α,β-unsaturated/α-hetero) is 1. The van der Waals surface area contributed by atoms with E-state index in [0.717, 1.165) is 0 Å². The molecule has 22 heavy (non-hydrogen) atoms. The Morgan fingerprint density at radius 1 is 1.59 bits per heavy atom. The number of ketones is 1. The number of hydrogen-bond donors (Lipinski definition) is 0. The van der Waals surface area contributed by atoms with Crippen LogP contribution in [-0.4, -0.2) is 43.5 Å². The van der Waals surface area contributed by atoms with Crippen molar-refractivity contribution >= 4 is 5.78 Å². The van der Waals surface area contributed by atoms with Crippen LogP contribution < -0.4 is 9.47 Å². The summed E-state index contributed by atoms with van der Waals surface area (Å²) in [6.45, 7) is 0.682. The predicted octanol–water partition coefficient (Wildman–Crippen LogP) is 1.93. The molecular weight excluding hydrogens is 278 g/mol. The molecule has 1 unspecified atom stereocenters. The highest BCUT2D eigenvalue weighted by atomic mass is 16.5. The normalized spacial score (nSPS) is 46.0. The van der Waals surface area contributed by atoms with E-state index in [1.807, 2.05) is 7.05 Å². The molecule has 4 aliphatic rings. The summed E-state index contributed by atoms with van der Waals surface area (Å²) in [6, 6.07) is -0.555. The fourth-order valence-corrected chi connectivity index (χ4v) is 5.10. The zero-order valence-electron chi connectivity index (χ0n) is 19.2. The van der Waals surface area contributed by atoms with E-state index in [0.29, 0.717) is 30.5 Å². The van der Waals surface area contributed by atoms with E-state index >= 15 is 0 Å². The van der Waals surface area contributed by atoms with Crippen LogP contribution in [0.25, 0.3) is 0 Å². The zero-order chi connectivity index (χ0) is 21.1. The summed E-state index contributed by atoms with van der Waals surface area (Å²) in [5.41, 5.74) is 0.383. The second kappa shape index (κ2) is 4.05. The van der Waals surface area contributed by atoms with Crippen LogP contribution in [0.5, 0.6) is 11.5 Å². The van der Waals surface area contributed by atoms with Gasteiger partial charge in [-0.05, 0) is 50.4 Å². The Hall–Kier alpha value is -1.55. The lowest BCUT2D eigenvalue weighted by Gasteiger charge is -2.57. The number of carbonyl (C=O) groups is 1. The van der Waals surface area contributed by atoms with E-state index in [1.54, 1.807) is 0 Å².